The van der Waals surface area contributed by atoms with Gasteiger partial charge in [-0.15, -0.1) is 0 Å². The van der Waals surface area contributed by atoms with E-state index in [1.165, 1.54) is 0 Å². The highest BCUT2D eigenvalue weighted by molar-refractivity contribution is 6.68. The van der Waals surface area contributed by atoms with E-state index in [1.807, 2.05) is 0 Å². The van der Waals surface area contributed by atoms with Gasteiger partial charge in [0.1, 0.15) is 5.75 Å². The highest BCUT2D eigenvalue weighted by Gasteiger charge is 2.19. The lowest BCUT2D eigenvalue weighted by Gasteiger charge is -2.09. The molecule has 0 saturated heterocycles. The van der Waals surface area contributed by atoms with Crippen LogP contribution in [0.2, 0.25) is 0 Å². The Morgan fingerprint density at radius 2 is 1.70 bits per heavy atom. The van der Waals surface area contributed by atoms with Crippen LogP contribution in [0.25, 0.3) is 0 Å². The molecule has 0 aromatic heterocycles. The van der Waals surface area contributed by atoms with E-state index in [9.17, 15) is 9.59 Å². The third-order valence-corrected chi connectivity index (χ3v) is 3.27. The van der Waals surface area contributed by atoms with E-state index in [2.05, 4.69) is 0 Å². The van der Waals surface area contributed by atoms with Crippen LogP contribution < -0.4 is 4.74 Å². The number of halogens is 1. The molecular formula is C16H13ClO3. The summed E-state index contributed by atoms with van der Waals surface area (Å²) in [6.45, 7) is 1.78. The van der Waals surface area contributed by atoms with Gasteiger partial charge in [-0.2, -0.15) is 0 Å². The molecule has 0 bridgehead atoms. The molecule has 2 aromatic carbocycles. The van der Waals surface area contributed by atoms with Gasteiger partial charge in [0, 0.05) is 16.7 Å². The van der Waals surface area contributed by atoms with Crippen molar-refractivity contribution in [2.75, 3.05) is 7.11 Å². The molecule has 0 spiro atoms. The van der Waals surface area contributed by atoms with E-state index >= 15 is 0 Å². The molecule has 0 radical (unpaired) electrons. The fraction of sp³-hybridized carbons (Fsp3) is 0.125. The van der Waals surface area contributed by atoms with Gasteiger partial charge in [0.2, 0.25) is 0 Å². The Bertz CT molecular complexity index is 660. The van der Waals surface area contributed by atoms with Crippen molar-refractivity contribution in [3.8, 4) is 5.75 Å². The molecule has 20 heavy (non-hydrogen) atoms. The lowest BCUT2D eigenvalue weighted by Crippen LogP contribution is -2.09. The SMILES string of the molecule is COc1ccc(C(=O)c2c(C)cccc2C(=O)Cl)cc1. The largest absolute Gasteiger partial charge is 0.497 e. The second kappa shape index (κ2) is 5.88. The maximum atomic E-state index is 12.5. The smallest absolute Gasteiger partial charge is 0.253 e. The highest BCUT2D eigenvalue weighted by atomic mass is 35.5. The summed E-state index contributed by atoms with van der Waals surface area (Å²) in [6.07, 6.45) is 0. The molecule has 0 unspecified atom stereocenters. The number of hydrogen-bond donors (Lipinski definition) is 0. The number of ether oxygens (including phenoxy) is 1. The molecule has 0 amide bonds. The third-order valence-electron chi connectivity index (χ3n) is 3.06. The molecule has 0 aliphatic rings. The number of aryl methyl sites for hydroxylation is 1. The molecular weight excluding hydrogens is 276 g/mol. The van der Waals surface area contributed by atoms with E-state index in [-0.39, 0.29) is 11.3 Å². The van der Waals surface area contributed by atoms with Crippen molar-refractivity contribution in [3.63, 3.8) is 0 Å². The molecule has 102 valence electrons. The standard InChI is InChI=1S/C16H13ClO3/c1-10-4-3-5-13(16(17)19)14(10)15(18)11-6-8-12(20-2)9-7-11/h3-9H,1-2H3. The molecule has 0 saturated carbocycles. The summed E-state index contributed by atoms with van der Waals surface area (Å²) in [6, 6.07) is 11.8. The summed E-state index contributed by atoms with van der Waals surface area (Å²) in [5.41, 5.74) is 1.78. The topological polar surface area (TPSA) is 43.4 Å². The average Bonchev–Trinajstić information content (AvgIpc) is 2.46. The lowest BCUT2D eigenvalue weighted by molar-refractivity contribution is 0.102. The number of rotatable bonds is 4. The van der Waals surface area contributed by atoms with E-state index < -0.39 is 5.24 Å². The number of ketones is 1. The number of methoxy groups -OCH3 is 1. The van der Waals surface area contributed by atoms with Gasteiger partial charge in [0.05, 0.1) is 7.11 Å². The monoisotopic (exact) mass is 288 g/mol. The summed E-state index contributed by atoms with van der Waals surface area (Å²) in [5.74, 6) is 0.440. The zero-order valence-electron chi connectivity index (χ0n) is 11.1. The minimum absolute atomic E-state index is 0.227. The van der Waals surface area contributed by atoms with Gasteiger partial charge in [-0.05, 0) is 54.4 Å². The van der Waals surface area contributed by atoms with Crippen LogP contribution in [0, 0.1) is 6.92 Å². The molecule has 3 nitrogen and oxygen atoms in total. The molecule has 0 N–H and O–H groups in total. The van der Waals surface area contributed by atoms with Gasteiger partial charge in [-0.1, -0.05) is 12.1 Å². The summed E-state index contributed by atoms with van der Waals surface area (Å²) in [5, 5.41) is -0.634. The first kappa shape index (κ1) is 14.3. The van der Waals surface area contributed by atoms with Crippen LogP contribution in [0.1, 0.15) is 31.8 Å². The number of hydrogen-bond acceptors (Lipinski definition) is 3. The maximum Gasteiger partial charge on any atom is 0.253 e. The zero-order valence-corrected chi connectivity index (χ0v) is 11.9. The molecule has 2 aromatic rings. The molecule has 2 rings (SSSR count). The van der Waals surface area contributed by atoms with E-state index in [1.54, 1.807) is 56.5 Å². The van der Waals surface area contributed by atoms with Crippen LogP contribution in [0.4, 0.5) is 0 Å². The molecule has 0 atom stereocenters. The fourth-order valence-corrected chi connectivity index (χ4v) is 2.18. The predicted molar refractivity (Wildman–Crippen MR) is 77.8 cm³/mol. The molecule has 0 heterocycles. The lowest BCUT2D eigenvalue weighted by atomic mass is 9.94. The van der Waals surface area contributed by atoms with E-state index in [0.29, 0.717) is 16.9 Å². The van der Waals surface area contributed by atoms with Crippen molar-refractivity contribution < 1.29 is 14.3 Å². The molecule has 0 aliphatic carbocycles. The normalized spacial score (nSPS) is 10.2. The Kier molecular flexibility index (Phi) is 4.20. The highest BCUT2D eigenvalue weighted by Crippen LogP contribution is 2.21. The minimum Gasteiger partial charge on any atom is -0.497 e. The van der Waals surface area contributed by atoms with Crippen LogP contribution in [-0.4, -0.2) is 18.1 Å². The Morgan fingerprint density at radius 3 is 2.25 bits per heavy atom. The van der Waals surface area contributed by atoms with Crippen molar-refractivity contribution in [2.45, 2.75) is 6.92 Å². The summed E-state index contributed by atoms with van der Waals surface area (Å²) < 4.78 is 5.05. The van der Waals surface area contributed by atoms with Crippen LogP contribution >= 0.6 is 11.6 Å². The third kappa shape index (κ3) is 2.73. The Morgan fingerprint density at radius 1 is 1.05 bits per heavy atom. The second-order valence-corrected chi connectivity index (χ2v) is 4.67. The maximum absolute atomic E-state index is 12.5. The molecule has 4 heteroatoms. The first-order valence-electron chi connectivity index (χ1n) is 6.02. The number of benzene rings is 2. The van der Waals surface area contributed by atoms with Gasteiger partial charge in [0.15, 0.2) is 5.78 Å². The van der Waals surface area contributed by atoms with Crippen LogP contribution in [-0.2, 0) is 0 Å². The molecule has 0 aliphatic heterocycles. The molecule has 0 fully saturated rings. The minimum atomic E-state index is -0.634. The first-order valence-corrected chi connectivity index (χ1v) is 6.40. The summed E-state index contributed by atoms with van der Waals surface area (Å²) in [4.78, 5) is 24.0. The zero-order chi connectivity index (χ0) is 14.7. The van der Waals surface area contributed by atoms with Gasteiger partial charge in [-0.3, -0.25) is 9.59 Å². The summed E-state index contributed by atoms with van der Waals surface area (Å²) >= 11 is 5.55. The van der Waals surface area contributed by atoms with Gasteiger partial charge in [0.25, 0.3) is 5.24 Å². The van der Waals surface area contributed by atoms with Crippen molar-refractivity contribution >= 4 is 22.6 Å². The van der Waals surface area contributed by atoms with Gasteiger partial charge < -0.3 is 4.74 Å². The van der Waals surface area contributed by atoms with Crippen LogP contribution in [0.3, 0.4) is 0 Å². The van der Waals surface area contributed by atoms with Crippen LogP contribution in [0.5, 0.6) is 5.75 Å². The van der Waals surface area contributed by atoms with Gasteiger partial charge >= 0.3 is 0 Å². The van der Waals surface area contributed by atoms with E-state index in [0.717, 1.165) is 5.56 Å². The Balaban J connectivity index is 2.50. The van der Waals surface area contributed by atoms with Crippen molar-refractivity contribution in [2.24, 2.45) is 0 Å². The second-order valence-electron chi connectivity index (χ2n) is 4.33. The average molecular weight is 289 g/mol. The fourth-order valence-electron chi connectivity index (χ4n) is 2.02. The Labute approximate surface area is 122 Å². The van der Waals surface area contributed by atoms with Crippen LogP contribution in [0.15, 0.2) is 42.5 Å². The van der Waals surface area contributed by atoms with Gasteiger partial charge in [-0.25, -0.2) is 0 Å². The number of carbonyl (C=O) groups excluding carboxylic acids is 2. The summed E-state index contributed by atoms with van der Waals surface area (Å²) in [7, 11) is 1.56. The number of carbonyl (C=O) groups is 2. The first-order chi connectivity index (χ1) is 9.54. The van der Waals surface area contributed by atoms with Crippen molar-refractivity contribution in [3.05, 3.63) is 64.7 Å². The quantitative estimate of drug-likeness (QED) is 0.637. The van der Waals surface area contributed by atoms with Crippen molar-refractivity contribution in [1.29, 1.82) is 0 Å². The Hall–Kier alpha value is -2.13. The van der Waals surface area contributed by atoms with Crippen molar-refractivity contribution in [1.82, 2.24) is 0 Å². The van der Waals surface area contributed by atoms with E-state index in [4.69, 9.17) is 16.3 Å². The predicted octanol–water partition coefficient (Wildman–Crippen LogP) is 3.61.